The molecule has 1 fully saturated rings. The lowest BCUT2D eigenvalue weighted by atomic mass is 9.90. The molecule has 1 saturated heterocycles. The number of hydrogen-bond donors (Lipinski definition) is 2. The summed E-state index contributed by atoms with van der Waals surface area (Å²) in [5.74, 6) is -0.753. The number of piperidine rings is 1. The summed E-state index contributed by atoms with van der Waals surface area (Å²) >= 11 is 1.11. The molecule has 2 aliphatic heterocycles. The number of pyridine rings is 1. The number of alkyl halides is 3. The Morgan fingerprint density at radius 3 is 2.79 bits per heavy atom. The molecule has 2 N–H and O–H groups in total. The molecule has 0 aliphatic carbocycles. The summed E-state index contributed by atoms with van der Waals surface area (Å²) in [6.07, 6.45) is -2.94. The number of fused-ring (bicyclic) bond motifs is 2. The predicted molar refractivity (Wildman–Crippen MR) is 115 cm³/mol. The van der Waals surface area contributed by atoms with Gasteiger partial charge in [0.15, 0.2) is 16.6 Å². The van der Waals surface area contributed by atoms with Crippen molar-refractivity contribution in [3.63, 3.8) is 0 Å². The molecule has 0 saturated carbocycles. The Morgan fingerprint density at radius 2 is 2.06 bits per heavy atom. The van der Waals surface area contributed by atoms with Crippen LogP contribution >= 0.6 is 11.3 Å². The molecule has 2 aliphatic rings. The Labute approximate surface area is 189 Å². The van der Waals surface area contributed by atoms with Gasteiger partial charge in [0.25, 0.3) is 0 Å². The number of halogens is 3. The lowest BCUT2D eigenvalue weighted by molar-refractivity contribution is -0.286. The van der Waals surface area contributed by atoms with E-state index in [-0.39, 0.29) is 40.6 Å². The second-order valence-electron chi connectivity index (χ2n) is 8.09. The maximum absolute atomic E-state index is 14.5. The van der Waals surface area contributed by atoms with E-state index in [1.165, 1.54) is 18.2 Å². The second kappa shape index (κ2) is 8.03. The third-order valence-electron chi connectivity index (χ3n) is 5.78. The molecule has 8 nitrogen and oxygen atoms in total. The first kappa shape index (κ1) is 21.7. The van der Waals surface area contributed by atoms with Crippen LogP contribution in [0.25, 0.3) is 10.2 Å². The maximum atomic E-state index is 14.5. The smallest absolute Gasteiger partial charge is 0.395 e. The topological polar surface area (TPSA) is 96.6 Å². The first-order valence-electron chi connectivity index (χ1n) is 10.2. The first-order valence-corrected chi connectivity index (χ1v) is 11.1. The monoisotopic (exact) mass is 480 g/mol. The SMILES string of the molecule is C[C@@H](C(=O)Nc1nc2cc3c(cc2s1)OC(F)(F)O3)N1C[C@H](F)C[C@@H](c2ccc(=O)[nH]c2)C1. The number of H-pyrrole nitrogens is 1. The maximum Gasteiger partial charge on any atom is 0.586 e. The van der Waals surface area contributed by atoms with Crippen molar-refractivity contribution < 1.29 is 27.4 Å². The minimum Gasteiger partial charge on any atom is -0.395 e. The normalized spacial score (nSPS) is 22.9. The van der Waals surface area contributed by atoms with Crippen molar-refractivity contribution in [3.8, 4) is 11.5 Å². The summed E-state index contributed by atoms with van der Waals surface area (Å²) in [6.45, 7) is 2.25. The van der Waals surface area contributed by atoms with Crippen LogP contribution in [0.15, 0.2) is 35.3 Å². The molecule has 3 atom stereocenters. The zero-order chi connectivity index (χ0) is 23.3. The average Bonchev–Trinajstić information content (AvgIpc) is 3.27. The summed E-state index contributed by atoms with van der Waals surface area (Å²) in [5, 5.41) is 3.00. The van der Waals surface area contributed by atoms with Crippen LogP contribution in [0, 0.1) is 0 Å². The number of anilines is 1. The van der Waals surface area contributed by atoms with E-state index in [1.54, 1.807) is 24.1 Å². The number of carbonyl (C=O) groups excluding carboxylic acids is 1. The van der Waals surface area contributed by atoms with Crippen molar-refractivity contribution >= 4 is 32.6 Å². The van der Waals surface area contributed by atoms with E-state index in [1.807, 2.05) is 0 Å². The molecule has 2 aromatic heterocycles. The third kappa shape index (κ3) is 4.40. The number of benzene rings is 1. The number of likely N-dealkylation sites (tertiary alicyclic amines) is 1. The molecule has 174 valence electrons. The highest BCUT2D eigenvalue weighted by Gasteiger charge is 2.43. The van der Waals surface area contributed by atoms with E-state index in [0.717, 1.165) is 16.9 Å². The van der Waals surface area contributed by atoms with Crippen molar-refractivity contribution in [1.29, 1.82) is 0 Å². The summed E-state index contributed by atoms with van der Waals surface area (Å²) in [6, 6.07) is 5.14. The van der Waals surface area contributed by atoms with Gasteiger partial charge in [-0.1, -0.05) is 17.4 Å². The fourth-order valence-electron chi connectivity index (χ4n) is 4.11. The Balaban J connectivity index is 1.29. The van der Waals surface area contributed by atoms with Crippen LogP contribution in [0.1, 0.15) is 24.8 Å². The van der Waals surface area contributed by atoms with Crippen molar-refractivity contribution in [2.75, 3.05) is 18.4 Å². The summed E-state index contributed by atoms with van der Waals surface area (Å²) in [7, 11) is 0. The van der Waals surface area contributed by atoms with E-state index < -0.39 is 18.5 Å². The molecule has 0 radical (unpaired) electrons. The third-order valence-corrected chi connectivity index (χ3v) is 6.71. The zero-order valence-electron chi connectivity index (χ0n) is 17.3. The predicted octanol–water partition coefficient (Wildman–Crippen LogP) is 3.46. The van der Waals surface area contributed by atoms with Crippen LogP contribution in [0.3, 0.4) is 0 Å². The van der Waals surface area contributed by atoms with Gasteiger partial charge in [0.1, 0.15) is 6.17 Å². The molecule has 1 aromatic carbocycles. The number of aromatic nitrogens is 2. The number of amides is 1. The lowest BCUT2D eigenvalue weighted by Gasteiger charge is -2.37. The Kier molecular flexibility index (Phi) is 5.28. The quantitative estimate of drug-likeness (QED) is 0.594. The summed E-state index contributed by atoms with van der Waals surface area (Å²) < 4.78 is 50.3. The molecule has 5 rings (SSSR count). The van der Waals surface area contributed by atoms with Gasteiger partial charge in [-0.2, -0.15) is 0 Å². The van der Waals surface area contributed by atoms with Gasteiger partial charge in [-0.3, -0.25) is 14.5 Å². The van der Waals surface area contributed by atoms with Gasteiger partial charge in [0, 0.05) is 43.4 Å². The molecule has 0 bridgehead atoms. The van der Waals surface area contributed by atoms with Crippen LogP contribution in [-0.2, 0) is 4.79 Å². The number of nitrogens with one attached hydrogen (secondary N) is 2. The number of carbonyl (C=O) groups is 1. The molecule has 12 heteroatoms. The van der Waals surface area contributed by atoms with Gasteiger partial charge in [-0.15, -0.1) is 8.78 Å². The Morgan fingerprint density at radius 1 is 1.30 bits per heavy atom. The lowest BCUT2D eigenvalue weighted by Crippen LogP contribution is -2.49. The molecular weight excluding hydrogens is 461 g/mol. The standard InChI is InChI=1S/C21H19F3N4O4S/c1-10(28-8-12(4-13(22)9-28)11-2-3-18(29)25-7-11)19(30)27-20-26-14-5-15-16(6-17(14)33-20)32-21(23,24)31-15/h2-3,5-7,10,12-13H,4,8-9H2,1H3,(H,25,29)(H,26,27,30)/t10-,12+,13+/m0/s1. The van der Waals surface area contributed by atoms with Crippen molar-refractivity contribution in [2.45, 2.75) is 37.8 Å². The second-order valence-corrected chi connectivity index (χ2v) is 9.12. The molecular formula is C21H19F3N4O4S. The fourth-order valence-corrected chi connectivity index (χ4v) is 4.98. The van der Waals surface area contributed by atoms with Crippen LogP contribution in [0.4, 0.5) is 18.3 Å². The van der Waals surface area contributed by atoms with Crippen LogP contribution in [-0.4, -0.2) is 52.4 Å². The van der Waals surface area contributed by atoms with E-state index in [0.29, 0.717) is 23.2 Å². The molecule has 0 unspecified atom stereocenters. The fraction of sp³-hybridized carbons (Fsp3) is 0.381. The summed E-state index contributed by atoms with van der Waals surface area (Å²) in [4.78, 5) is 32.8. The van der Waals surface area contributed by atoms with E-state index in [9.17, 15) is 22.8 Å². The molecule has 1 amide bonds. The van der Waals surface area contributed by atoms with Gasteiger partial charge < -0.3 is 19.8 Å². The van der Waals surface area contributed by atoms with Gasteiger partial charge in [0.05, 0.1) is 16.3 Å². The zero-order valence-corrected chi connectivity index (χ0v) is 18.1. The molecule has 33 heavy (non-hydrogen) atoms. The molecule has 4 heterocycles. The van der Waals surface area contributed by atoms with E-state index in [2.05, 4.69) is 24.8 Å². The van der Waals surface area contributed by atoms with Gasteiger partial charge >= 0.3 is 6.29 Å². The van der Waals surface area contributed by atoms with Gasteiger partial charge in [-0.05, 0) is 18.9 Å². The number of nitrogens with zero attached hydrogens (tertiary/aromatic N) is 2. The minimum absolute atomic E-state index is 0.0991. The van der Waals surface area contributed by atoms with Crippen molar-refractivity contribution in [1.82, 2.24) is 14.9 Å². The van der Waals surface area contributed by atoms with Crippen molar-refractivity contribution in [3.05, 3.63) is 46.4 Å². The highest BCUT2D eigenvalue weighted by molar-refractivity contribution is 7.22. The number of aromatic amines is 1. The molecule has 3 aromatic rings. The first-order chi connectivity index (χ1) is 15.7. The average molecular weight is 480 g/mol. The van der Waals surface area contributed by atoms with Gasteiger partial charge in [-0.25, -0.2) is 9.37 Å². The number of ether oxygens (including phenoxy) is 2. The minimum atomic E-state index is -3.71. The summed E-state index contributed by atoms with van der Waals surface area (Å²) in [5.41, 5.74) is 0.954. The van der Waals surface area contributed by atoms with Crippen LogP contribution < -0.4 is 20.3 Å². The number of hydrogen-bond acceptors (Lipinski definition) is 7. The largest absolute Gasteiger partial charge is 0.586 e. The molecule has 0 spiro atoms. The van der Waals surface area contributed by atoms with E-state index >= 15 is 0 Å². The van der Waals surface area contributed by atoms with E-state index in [4.69, 9.17) is 0 Å². The van der Waals surface area contributed by atoms with Crippen molar-refractivity contribution in [2.24, 2.45) is 0 Å². The van der Waals surface area contributed by atoms with Crippen LogP contribution in [0.2, 0.25) is 0 Å². The van der Waals surface area contributed by atoms with Gasteiger partial charge in [0.2, 0.25) is 11.5 Å². The number of rotatable bonds is 4. The highest BCUT2D eigenvalue weighted by Crippen LogP contribution is 2.44. The Hall–Kier alpha value is -3.12. The van der Waals surface area contributed by atoms with Crippen LogP contribution in [0.5, 0.6) is 11.5 Å². The number of thiazole rings is 1. The Bertz CT molecular complexity index is 1210. The highest BCUT2D eigenvalue weighted by atomic mass is 32.1.